The molecular formula is C63H112O6. The van der Waals surface area contributed by atoms with Crippen molar-refractivity contribution in [2.45, 2.75) is 309 Å². The first-order chi connectivity index (χ1) is 34.0. The Hall–Kier alpha value is -2.89. The predicted octanol–water partition coefficient (Wildman–Crippen LogP) is 20.0. The van der Waals surface area contributed by atoms with Crippen LogP contribution in [0.2, 0.25) is 0 Å². The number of allylic oxidation sites excluding steroid dienone is 10. The highest BCUT2D eigenvalue weighted by Gasteiger charge is 2.19. The van der Waals surface area contributed by atoms with Gasteiger partial charge < -0.3 is 14.2 Å². The van der Waals surface area contributed by atoms with Crippen LogP contribution in [0.3, 0.4) is 0 Å². The molecule has 0 heterocycles. The molecule has 0 unspecified atom stereocenters. The standard InChI is InChI=1S/C63H112O6/c1-4-7-10-13-16-19-22-25-28-31-32-33-36-38-41-44-47-50-53-56-62(65)68-59-60(69-63(66)57-54-51-48-45-42-39-35-30-27-24-21-18-15-12-9-6-3)58-67-61(64)55-52-49-46-43-40-37-34-29-26-23-20-17-14-11-8-5-2/h16,19,25,28,30,32-33,35,38,41,60H,4-15,17-18,20-24,26-27,29,31,34,36-37,39-40,42-59H2,1-3H3/b19-16-,28-25-,33-32-,35-30-,41-38-/t60-/m1/s1. The number of rotatable bonds is 54. The molecule has 0 aliphatic heterocycles. The Morgan fingerprint density at radius 2 is 0.522 bits per heavy atom. The molecule has 69 heavy (non-hydrogen) atoms. The van der Waals surface area contributed by atoms with Crippen molar-refractivity contribution in [1.29, 1.82) is 0 Å². The van der Waals surface area contributed by atoms with Gasteiger partial charge in [0.1, 0.15) is 13.2 Å². The summed E-state index contributed by atoms with van der Waals surface area (Å²) in [7, 11) is 0. The third-order valence-corrected chi connectivity index (χ3v) is 13.0. The van der Waals surface area contributed by atoms with E-state index in [1.807, 2.05) is 0 Å². The fourth-order valence-corrected chi connectivity index (χ4v) is 8.48. The van der Waals surface area contributed by atoms with E-state index in [0.29, 0.717) is 19.3 Å². The number of unbranched alkanes of at least 4 members (excludes halogenated alkanes) is 33. The second-order valence-electron chi connectivity index (χ2n) is 19.9. The van der Waals surface area contributed by atoms with Crippen molar-refractivity contribution < 1.29 is 28.6 Å². The van der Waals surface area contributed by atoms with Crippen molar-refractivity contribution in [3.05, 3.63) is 60.8 Å². The van der Waals surface area contributed by atoms with E-state index in [1.54, 1.807) is 0 Å². The van der Waals surface area contributed by atoms with Crippen LogP contribution in [-0.2, 0) is 28.6 Å². The van der Waals surface area contributed by atoms with Gasteiger partial charge in [-0.25, -0.2) is 0 Å². The third-order valence-electron chi connectivity index (χ3n) is 13.0. The molecule has 0 rings (SSSR count). The van der Waals surface area contributed by atoms with E-state index in [0.717, 1.165) is 96.3 Å². The molecule has 0 bridgehead atoms. The average Bonchev–Trinajstić information content (AvgIpc) is 3.35. The van der Waals surface area contributed by atoms with Crippen molar-refractivity contribution in [2.75, 3.05) is 13.2 Å². The summed E-state index contributed by atoms with van der Waals surface area (Å²) < 4.78 is 16.9. The lowest BCUT2D eigenvalue weighted by Crippen LogP contribution is -2.30. The molecule has 0 fully saturated rings. The van der Waals surface area contributed by atoms with Gasteiger partial charge in [-0.05, 0) is 89.9 Å². The van der Waals surface area contributed by atoms with E-state index < -0.39 is 6.10 Å². The minimum atomic E-state index is -0.790. The van der Waals surface area contributed by atoms with Gasteiger partial charge in [0.05, 0.1) is 0 Å². The molecule has 0 amide bonds. The van der Waals surface area contributed by atoms with Crippen molar-refractivity contribution >= 4 is 17.9 Å². The summed E-state index contributed by atoms with van der Waals surface area (Å²) in [4.78, 5) is 38.2. The molecule has 0 radical (unpaired) electrons. The van der Waals surface area contributed by atoms with E-state index in [-0.39, 0.29) is 31.1 Å². The summed E-state index contributed by atoms with van der Waals surface area (Å²) in [6, 6.07) is 0. The van der Waals surface area contributed by atoms with Gasteiger partial charge in [0, 0.05) is 19.3 Å². The molecule has 0 spiro atoms. The normalized spacial score (nSPS) is 12.4. The summed E-state index contributed by atoms with van der Waals surface area (Å²) >= 11 is 0. The van der Waals surface area contributed by atoms with E-state index in [2.05, 4.69) is 81.5 Å². The van der Waals surface area contributed by atoms with Crippen molar-refractivity contribution in [2.24, 2.45) is 0 Å². The molecule has 0 aliphatic rings. The molecule has 1 atom stereocenters. The molecule has 6 nitrogen and oxygen atoms in total. The van der Waals surface area contributed by atoms with Crippen LogP contribution in [0.5, 0.6) is 0 Å². The average molecular weight is 966 g/mol. The van der Waals surface area contributed by atoms with Crippen LogP contribution in [0.1, 0.15) is 303 Å². The van der Waals surface area contributed by atoms with E-state index >= 15 is 0 Å². The summed E-state index contributed by atoms with van der Waals surface area (Å²) in [5.74, 6) is -0.912. The van der Waals surface area contributed by atoms with Crippen LogP contribution >= 0.6 is 0 Å². The molecule has 6 heteroatoms. The van der Waals surface area contributed by atoms with Crippen LogP contribution < -0.4 is 0 Å². The van der Waals surface area contributed by atoms with Gasteiger partial charge in [-0.2, -0.15) is 0 Å². The van der Waals surface area contributed by atoms with Crippen molar-refractivity contribution in [3.63, 3.8) is 0 Å². The van der Waals surface area contributed by atoms with Crippen molar-refractivity contribution in [3.8, 4) is 0 Å². The molecule has 0 saturated carbocycles. The first-order valence-electron chi connectivity index (χ1n) is 29.8. The fraction of sp³-hybridized carbons (Fsp3) is 0.794. The van der Waals surface area contributed by atoms with Crippen LogP contribution in [0.25, 0.3) is 0 Å². The zero-order valence-electron chi connectivity index (χ0n) is 45.8. The number of ether oxygens (including phenoxy) is 3. The van der Waals surface area contributed by atoms with Crippen LogP contribution in [-0.4, -0.2) is 37.2 Å². The minimum absolute atomic E-state index is 0.0851. The Labute approximate surface area is 428 Å². The molecule has 0 aromatic heterocycles. The molecule has 0 saturated heterocycles. The van der Waals surface area contributed by atoms with Crippen LogP contribution in [0.15, 0.2) is 60.8 Å². The Morgan fingerprint density at radius 3 is 0.870 bits per heavy atom. The number of carbonyl (C=O) groups excluding carboxylic acids is 3. The Morgan fingerprint density at radius 1 is 0.290 bits per heavy atom. The first kappa shape index (κ1) is 66.1. The van der Waals surface area contributed by atoms with Crippen molar-refractivity contribution in [1.82, 2.24) is 0 Å². The topological polar surface area (TPSA) is 78.9 Å². The zero-order valence-corrected chi connectivity index (χ0v) is 45.8. The van der Waals surface area contributed by atoms with Gasteiger partial charge in [0.2, 0.25) is 0 Å². The molecule has 0 aliphatic carbocycles. The minimum Gasteiger partial charge on any atom is -0.462 e. The predicted molar refractivity (Wildman–Crippen MR) is 298 cm³/mol. The molecule has 0 N–H and O–H groups in total. The Balaban J connectivity index is 4.43. The second-order valence-corrected chi connectivity index (χ2v) is 19.9. The number of esters is 3. The monoisotopic (exact) mass is 965 g/mol. The molecule has 0 aromatic rings. The lowest BCUT2D eigenvalue weighted by Gasteiger charge is -2.18. The smallest absolute Gasteiger partial charge is 0.306 e. The summed E-state index contributed by atoms with van der Waals surface area (Å²) in [5.41, 5.74) is 0. The highest BCUT2D eigenvalue weighted by molar-refractivity contribution is 5.71. The Bertz CT molecular complexity index is 1250. The zero-order chi connectivity index (χ0) is 50.0. The third kappa shape index (κ3) is 55.9. The van der Waals surface area contributed by atoms with Gasteiger partial charge in [0.25, 0.3) is 0 Å². The number of hydrogen-bond acceptors (Lipinski definition) is 6. The summed E-state index contributed by atoms with van der Waals surface area (Å²) in [6.45, 7) is 6.61. The number of hydrogen-bond donors (Lipinski definition) is 0. The fourth-order valence-electron chi connectivity index (χ4n) is 8.48. The largest absolute Gasteiger partial charge is 0.462 e. The van der Waals surface area contributed by atoms with Gasteiger partial charge in [-0.3, -0.25) is 14.4 Å². The molecule has 0 aromatic carbocycles. The first-order valence-corrected chi connectivity index (χ1v) is 29.8. The lowest BCUT2D eigenvalue weighted by atomic mass is 10.0. The number of carbonyl (C=O) groups is 3. The van der Waals surface area contributed by atoms with Crippen LogP contribution in [0, 0.1) is 0 Å². The van der Waals surface area contributed by atoms with Gasteiger partial charge in [-0.15, -0.1) is 0 Å². The maximum Gasteiger partial charge on any atom is 0.306 e. The maximum atomic E-state index is 12.9. The van der Waals surface area contributed by atoms with E-state index in [1.165, 1.54) is 167 Å². The summed E-state index contributed by atoms with van der Waals surface area (Å²) in [5, 5.41) is 0. The quantitative estimate of drug-likeness (QED) is 0.0262. The maximum absolute atomic E-state index is 12.9. The highest BCUT2D eigenvalue weighted by atomic mass is 16.6. The van der Waals surface area contributed by atoms with Gasteiger partial charge >= 0.3 is 17.9 Å². The second kappa shape index (κ2) is 57.7. The lowest BCUT2D eigenvalue weighted by molar-refractivity contribution is -0.167. The molecule has 400 valence electrons. The van der Waals surface area contributed by atoms with Crippen LogP contribution in [0.4, 0.5) is 0 Å². The highest BCUT2D eigenvalue weighted by Crippen LogP contribution is 2.16. The molecular weight excluding hydrogens is 853 g/mol. The van der Waals surface area contributed by atoms with E-state index in [9.17, 15) is 14.4 Å². The van der Waals surface area contributed by atoms with E-state index in [4.69, 9.17) is 14.2 Å². The SMILES string of the molecule is CCCCC/C=C\C/C=C\C/C=C\C/C=C\CCCCCC(=O)OC[C@@H](COC(=O)CCCCCCCCCCCCCCCCCC)OC(=O)CCCCCCC/C=C\CCCCCCCCC. The van der Waals surface area contributed by atoms with Gasteiger partial charge in [-0.1, -0.05) is 255 Å². The summed E-state index contributed by atoms with van der Waals surface area (Å²) in [6.07, 6.45) is 72.1. The Kier molecular flexibility index (Phi) is 55.3. The van der Waals surface area contributed by atoms with Gasteiger partial charge in [0.15, 0.2) is 6.10 Å².